The third-order valence-electron chi connectivity index (χ3n) is 4.74. The van der Waals surface area contributed by atoms with Crippen LogP contribution in [-0.2, 0) is 0 Å². The average Bonchev–Trinajstić information content (AvgIpc) is 2.88. The molecule has 26 heavy (non-hydrogen) atoms. The van der Waals surface area contributed by atoms with Gasteiger partial charge >= 0.3 is 0 Å². The molecule has 5 N–H and O–H groups in total. The number of phenolic OH excluding ortho intramolecular Hbond substituents is 1. The fourth-order valence-electron chi connectivity index (χ4n) is 3.47. The number of benzene rings is 2. The zero-order chi connectivity index (χ0) is 18.6. The number of carbonyl (C=O) groups excluding carboxylic acids is 1. The molecule has 2 aromatic carbocycles. The highest BCUT2D eigenvalue weighted by atomic mass is 16.3. The number of hydrogen-bond acceptors (Lipinski definition) is 5. The summed E-state index contributed by atoms with van der Waals surface area (Å²) in [5.41, 5.74) is 15.2. The van der Waals surface area contributed by atoms with Gasteiger partial charge in [0.25, 0.3) is 5.91 Å². The molecule has 0 aliphatic rings. The number of hydrogen-bond donors (Lipinski definition) is 3. The number of aromatic nitrogens is 3. The van der Waals surface area contributed by atoms with Crippen LogP contribution in [0.1, 0.15) is 21.5 Å². The van der Waals surface area contributed by atoms with E-state index in [0.29, 0.717) is 16.5 Å². The van der Waals surface area contributed by atoms with Crippen LogP contribution in [-0.4, -0.2) is 25.8 Å². The fourth-order valence-corrected chi connectivity index (χ4v) is 3.47. The monoisotopic (exact) mass is 347 g/mol. The van der Waals surface area contributed by atoms with Crippen molar-refractivity contribution in [2.75, 3.05) is 5.73 Å². The van der Waals surface area contributed by atoms with E-state index in [1.165, 1.54) is 0 Å². The normalized spacial score (nSPS) is 11.3. The van der Waals surface area contributed by atoms with Gasteiger partial charge in [-0.2, -0.15) is 10.2 Å². The first-order valence-electron chi connectivity index (χ1n) is 8.04. The van der Waals surface area contributed by atoms with E-state index in [4.69, 9.17) is 11.5 Å². The number of nitrogens with two attached hydrogens (primary N) is 2. The third-order valence-corrected chi connectivity index (χ3v) is 4.74. The smallest absolute Gasteiger partial charge is 0.253 e. The van der Waals surface area contributed by atoms with Crippen molar-refractivity contribution in [1.82, 2.24) is 14.8 Å². The molecule has 2 heterocycles. The Morgan fingerprint density at radius 2 is 1.77 bits per heavy atom. The van der Waals surface area contributed by atoms with Gasteiger partial charge in [0.2, 0.25) is 0 Å². The van der Waals surface area contributed by atoms with Crippen LogP contribution >= 0.6 is 0 Å². The molecule has 4 rings (SSSR count). The number of aryl methyl sites for hydroxylation is 1. The number of fused-ring (bicyclic) bond motifs is 2. The summed E-state index contributed by atoms with van der Waals surface area (Å²) in [7, 11) is 0. The van der Waals surface area contributed by atoms with Crippen molar-refractivity contribution in [2.45, 2.75) is 13.8 Å². The molecule has 130 valence electrons. The number of carbonyl (C=O) groups is 1. The van der Waals surface area contributed by atoms with E-state index in [-0.39, 0.29) is 17.1 Å². The zero-order valence-corrected chi connectivity index (χ0v) is 14.3. The van der Waals surface area contributed by atoms with Crippen LogP contribution in [0.5, 0.6) is 5.75 Å². The molecule has 0 aliphatic heterocycles. The number of primary amides is 1. The molecule has 7 nitrogen and oxygen atoms in total. The van der Waals surface area contributed by atoms with Gasteiger partial charge in [0.05, 0.1) is 29.2 Å². The molecule has 0 radical (unpaired) electrons. The predicted molar refractivity (Wildman–Crippen MR) is 100 cm³/mol. The van der Waals surface area contributed by atoms with Gasteiger partial charge in [0.1, 0.15) is 11.6 Å². The summed E-state index contributed by atoms with van der Waals surface area (Å²) < 4.78 is 1.76. The Kier molecular flexibility index (Phi) is 3.33. The van der Waals surface area contributed by atoms with Gasteiger partial charge in [0, 0.05) is 21.7 Å². The van der Waals surface area contributed by atoms with E-state index in [2.05, 4.69) is 10.2 Å². The van der Waals surface area contributed by atoms with Crippen LogP contribution in [0.3, 0.4) is 0 Å². The highest BCUT2D eigenvalue weighted by Gasteiger charge is 2.23. The number of anilines is 1. The second kappa shape index (κ2) is 5.45. The van der Waals surface area contributed by atoms with Gasteiger partial charge < -0.3 is 16.6 Å². The second-order valence-electron chi connectivity index (χ2n) is 6.32. The Bertz CT molecular complexity index is 1210. The van der Waals surface area contributed by atoms with Crippen molar-refractivity contribution in [1.29, 1.82) is 0 Å². The lowest BCUT2D eigenvalue weighted by atomic mass is 10.1. The first kappa shape index (κ1) is 15.9. The molecule has 0 bridgehead atoms. The van der Waals surface area contributed by atoms with E-state index >= 15 is 0 Å². The lowest BCUT2D eigenvalue weighted by Crippen LogP contribution is -2.14. The number of phenols is 1. The number of nitrogen functional groups attached to an aromatic ring is 1. The molecular formula is C19H17N5O2. The lowest BCUT2D eigenvalue weighted by molar-refractivity contribution is 0.100. The predicted octanol–water partition coefficient (Wildman–Crippen LogP) is 2.58. The van der Waals surface area contributed by atoms with Crippen molar-refractivity contribution < 1.29 is 9.90 Å². The topological polar surface area (TPSA) is 120 Å². The summed E-state index contributed by atoms with van der Waals surface area (Å²) in [5.74, 6) is -0.220. The van der Waals surface area contributed by atoms with Crippen LogP contribution in [0.4, 0.5) is 5.82 Å². The van der Waals surface area contributed by atoms with Crippen molar-refractivity contribution in [3.8, 4) is 11.4 Å². The SMILES string of the molecule is Cc1ccc(O)c(C)c1-n1c(N)c(C(N)=O)c2cc3cnncc3cc21. The third kappa shape index (κ3) is 2.10. The maximum atomic E-state index is 12.1. The molecule has 0 atom stereocenters. The minimum absolute atomic E-state index is 0.152. The maximum Gasteiger partial charge on any atom is 0.253 e. The fraction of sp³-hybridized carbons (Fsp3) is 0.105. The van der Waals surface area contributed by atoms with Crippen LogP contribution in [0.25, 0.3) is 27.4 Å². The molecule has 0 saturated heterocycles. The maximum absolute atomic E-state index is 12.1. The van der Waals surface area contributed by atoms with Crippen molar-refractivity contribution in [2.24, 2.45) is 5.73 Å². The summed E-state index contributed by atoms with van der Waals surface area (Å²) in [5, 5.41) is 20.3. The molecule has 0 unspecified atom stereocenters. The van der Waals surface area contributed by atoms with E-state index < -0.39 is 5.91 Å². The Morgan fingerprint density at radius 3 is 2.42 bits per heavy atom. The van der Waals surface area contributed by atoms with E-state index in [1.54, 1.807) is 36.0 Å². The molecule has 4 aromatic rings. The number of aromatic hydroxyl groups is 1. The van der Waals surface area contributed by atoms with Crippen LogP contribution in [0.15, 0.2) is 36.7 Å². The van der Waals surface area contributed by atoms with Gasteiger partial charge in [-0.15, -0.1) is 0 Å². The average molecular weight is 347 g/mol. The molecule has 7 heteroatoms. The van der Waals surface area contributed by atoms with E-state index in [9.17, 15) is 9.90 Å². The molecule has 0 aliphatic carbocycles. The van der Waals surface area contributed by atoms with Gasteiger partial charge in [-0.25, -0.2) is 0 Å². The highest BCUT2D eigenvalue weighted by Crippen LogP contribution is 2.37. The first-order chi connectivity index (χ1) is 12.4. The van der Waals surface area contributed by atoms with E-state index in [1.807, 2.05) is 19.1 Å². The first-order valence-corrected chi connectivity index (χ1v) is 8.04. The second-order valence-corrected chi connectivity index (χ2v) is 6.32. The van der Waals surface area contributed by atoms with Crippen LogP contribution in [0.2, 0.25) is 0 Å². The standard InChI is InChI=1S/C19H17N5O2/c1-9-3-4-15(25)10(2)17(9)24-14-6-12-8-23-22-7-11(12)5-13(14)16(18(24)20)19(21)26/h3-8,25H,20H2,1-2H3,(H2,21,26). The lowest BCUT2D eigenvalue weighted by Gasteiger charge is -2.16. The summed E-state index contributed by atoms with van der Waals surface area (Å²) >= 11 is 0. The quantitative estimate of drug-likeness (QED) is 0.515. The van der Waals surface area contributed by atoms with Gasteiger partial charge in [-0.1, -0.05) is 6.07 Å². The molecule has 0 spiro atoms. The Balaban J connectivity index is 2.23. The van der Waals surface area contributed by atoms with Crippen molar-refractivity contribution >= 4 is 33.4 Å². The van der Waals surface area contributed by atoms with Gasteiger partial charge in [-0.05, 0) is 37.6 Å². The zero-order valence-electron chi connectivity index (χ0n) is 14.3. The number of nitrogens with zero attached hydrogens (tertiary/aromatic N) is 3. The van der Waals surface area contributed by atoms with E-state index in [0.717, 1.165) is 22.0 Å². The number of rotatable bonds is 2. The summed E-state index contributed by atoms with van der Waals surface area (Å²) in [6.07, 6.45) is 3.27. The minimum atomic E-state index is -0.608. The number of amides is 1. The molecule has 1 amide bonds. The Hall–Kier alpha value is -3.61. The minimum Gasteiger partial charge on any atom is -0.508 e. The highest BCUT2D eigenvalue weighted by molar-refractivity contribution is 6.14. The molecule has 2 aromatic heterocycles. The summed E-state index contributed by atoms with van der Waals surface area (Å²) in [4.78, 5) is 12.1. The Labute approximate surface area is 148 Å². The van der Waals surface area contributed by atoms with Crippen molar-refractivity contribution in [3.05, 3.63) is 53.3 Å². The largest absolute Gasteiger partial charge is 0.508 e. The Morgan fingerprint density at radius 1 is 1.12 bits per heavy atom. The summed E-state index contributed by atoms with van der Waals surface area (Å²) in [6.45, 7) is 3.73. The van der Waals surface area contributed by atoms with Gasteiger partial charge in [-0.3, -0.25) is 9.36 Å². The van der Waals surface area contributed by atoms with Crippen LogP contribution in [0, 0.1) is 13.8 Å². The van der Waals surface area contributed by atoms with Gasteiger partial charge in [0.15, 0.2) is 0 Å². The van der Waals surface area contributed by atoms with Crippen LogP contribution < -0.4 is 11.5 Å². The van der Waals surface area contributed by atoms with Crippen molar-refractivity contribution in [3.63, 3.8) is 0 Å². The molecule has 0 fully saturated rings. The summed E-state index contributed by atoms with van der Waals surface area (Å²) in [6, 6.07) is 7.17. The molecule has 0 saturated carbocycles. The molecular weight excluding hydrogens is 330 g/mol.